The van der Waals surface area contributed by atoms with Gasteiger partial charge in [0.25, 0.3) is 0 Å². The van der Waals surface area contributed by atoms with Crippen LogP contribution >= 0.6 is 0 Å². The predicted octanol–water partition coefficient (Wildman–Crippen LogP) is 6.44. The van der Waals surface area contributed by atoms with Crippen molar-refractivity contribution in [2.45, 2.75) is 43.9 Å². The Labute approximate surface area is 206 Å². The van der Waals surface area contributed by atoms with Gasteiger partial charge in [0, 0.05) is 12.6 Å². The van der Waals surface area contributed by atoms with E-state index in [1.54, 1.807) is 6.07 Å². The maximum absolute atomic E-state index is 14.0. The number of benzene rings is 3. The van der Waals surface area contributed by atoms with Crippen molar-refractivity contribution in [1.29, 1.82) is 0 Å². The summed E-state index contributed by atoms with van der Waals surface area (Å²) in [4.78, 5) is 13.7. The Balaban J connectivity index is 1.74. The molecule has 1 N–H and O–H groups in total. The van der Waals surface area contributed by atoms with Gasteiger partial charge in [-0.3, -0.25) is 0 Å². The lowest BCUT2D eigenvalue weighted by molar-refractivity contribution is -0.137. The van der Waals surface area contributed by atoms with E-state index in [0.717, 1.165) is 18.2 Å². The van der Waals surface area contributed by atoms with Crippen LogP contribution in [-0.4, -0.2) is 25.4 Å². The van der Waals surface area contributed by atoms with Crippen LogP contribution in [0, 0.1) is 5.82 Å². The van der Waals surface area contributed by atoms with Crippen molar-refractivity contribution in [2.75, 3.05) is 5.32 Å². The molecule has 6 nitrogen and oxygen atoms in total. The third-order valence-corrected chi connectivity index (χ3v) is 6.67. The molecule has 3 aromatic carbocycles. The van der Waals surface area contributed by atoms with Gasteiger partial charge in [0.15, 0.2) is 0 Å². The minimum absolute atomic E-state index is 0.0411. The number of carbonyl (C=O) groups excluding carboxylic acids is 1. The first-order valence-corrected chi connectivity index (χ1v) is 12.3. The number of nitrogens with one attached hydrogen (secondary N) is 1. The molecule has 0 aliphatic carbocycles. The Bertz CT molecular complexity index is 1310. The molecule has 0 aliphatic rings. The van der Waals surface area contributed by atoms with Crippen LogP contribution in [0.15, 0.2) is 77.7 Å². The van der Waals surface area contributed by atoms with Gasteiger partial charge in [-0.05, 0) is 61.4 Å². The van der Waals surface area contributed by atoms with Crippen LogP contribution in [0.4, 0.5) is 28.0 Å². The normalized spacial score (nSPS) is 12.6. The Hall–Kier alpha value is -3.60. The smallest absolute Gasteiger partial charge is 0.379 e. The van der Waals surface area contributed by atoms with Crippen LogP contribution in [0.3, 0.4) is 0 Å². The number of alkyl halides is 3. The number of halogens is 4. The number of hydrogen-bond donors (Lipinski definition) is 1. The van der Waals surface area contributed by atoms with Crippen molar-refractivity contribution in [3.05, 3.63) is 89.7 Å². The summed E-state index contributed by atoms with van der Waals surface area (Å²) >= 11 is 0. The summed E-state index contributed by atoms with van der Waals surface area (Å²) in [5.74, 6) is -0.680. The highest BCUT2D eigenvalue weighted by molar-refractivity contribution is 7.87. The van der Waals surface area contributed by atoms with Gasteiger partial charge in [-0.1, -0.05) is 37.3 Å². The van der Waals surface area contributed by atoms with Crippen LogP contribution in [0.1, 0.15) is 31.4 Å². The zero-order valence-corrected chi connectivity index (χ0v) is 20.2. The van der Waals surface area contributed by atoms with Crippen LogP contribution in [-0.2, 0) is 22.8 Å². The van der Waals surface area contributed by atoms with E-state index in [2.05, 4.69) is 5.32 Å². The first-order valence-electron chi connectivity index (χ1n) is 10.9. The summed E-state index contributed by atoms with van der Waals surface area (Å²) in [7, 11) is -4.51. The molecular weight excluding hydrogens is 500 g/mol. The molecule has 3 aromatic rings. The monoisotopic (exact) mass is 524 g/mol. The van der Waals surface area contributed by atoms with E-state index in [4.69, 9.17) is 4.18 Å². The van der Waals surface area contributed by atoms with Crippen molar-refractivity contribution < 1.29 is 35.0 Å². The van der Waals surface area contributed by atoms with E-state index < -0.39 is 38.6 Å². The quantitative estimate of drug-likeness (QED) is 0.272. The largest absolute Gasteiger partial charge is 0.416 e. The second-order valence-corrected chi connectivity index (χ2v) is 9.55. The second-order valence-electron chi connectivity index (χ2n) is 8.00. The summed E-state index contributed by atoms with van der Waals surface area (Å²) in [5, 5.41) is 2.55. The third-order valence-electron chi connectivity index (χ3n) is 5.43. The van der Waals surface area contributed by atoms with Gasteiger partial charge in [0.1, 0.15) is 16.5 Å². The molecule has 0 radical (unpaired) electrons. The van der Waals surface area contributed by atoms with Crippen molar-refractivity contribution >= 4 is 21.8 Å². The Morgan fingerprint density at radius 3 is 2.31 bits per heavy atom. The van der Waals surface area contributed by atoms with Crippen molar-refractivity contribution in [3.8, 4) is 5.75 Å². The fourth-order valence-electron chi connectivity index (χ4n) is 3.25. The molecule has 11 heteroatoms. The van der Waals surface area contributed by atoms with E-state index in [1.807, 2.05) is 13.8 Å². The average Bonchev–Trinajstić information content (AvgIpc) is 2.84. The fraction of sp³-hybridized carbons (Fsp3) is 0.240. The molecule has 0 saturated carbocycles. The van der Waals surface area contributed by atoms with Crippen LogP contribution in [0.25, 0.3) is 0 Å². The molecule has 1 atom stereocenters. The molecule has 0 saturated heterocycles. The molecular formula is C25H24F4N2O4S. The van der Waals surface area contributed by atoms with E-state index >= 15 is 0 Å². The van der Waals surface area contributed by atoms with Crippen molar-refractivity contribution in [1.82, 2.24) is 4.90 Å². The van der Waals surface area contributed by atoms with E-state index in [-0.39, 0.29) is 24.0 Å². The molecule has 0 aliphatic heterocycles. The topological polar surface area (TPSA) is 75.7 Å². The molecule has 0 fully saturated rings. The summed E-state index contributed by atoms with van der Waals surface area (Å²) in [6.07, 6.45) is -4.08. The SMILES string of the molecule is CCC(C)N(Cc1ccc(OS(=O)(=O)c2cccc(C(F)(F)F)c2)cc1)C(=O)Nc1ccccc1F. The maximum Gasteiger partial charge on any atom is 0.416 e. The summed E-state index contributed by atoms with van der Waals surface area (Å²) < 4.78 is 82.7. The number of urea groups is 1. The first kappa shape index (κ1) is 27.0. The highest BCUT2D eigenvalue weighted by Gasteiger charge is 2.32. The Kier molecular flexibility index (Phi) is 8.24. The lowest BCUT2D eigenvalue weighted by Crippen LogP contribution is -2.40. The van der Waals surface area contributed by atoms with Gasteiger partial charge in [0.05, 0.1) is 11.3 Å². The molecule has 36 heavy (non-hydrogen) atoms. The summed E-state index contributed by atoms with van der Waals surface area (Å²) in [6.45, 7) is 3.86. The minimum atomic E-state index is -4.70. The molecule has 0 heterocycles. The standard InChI is InChI=1S/C25H24F4N2O4S/c1-3-17(2)31(24(32)30-23-10-5-4-9-22(23)26)16-18-11-13-20(14-12-18)35-36(33,34)21-8-6-7-19(15-21)25(27,28)29/h4-15,17H,3,16H2,1-2H3,(H,30,32). The zero-order chi connectivity index (χ0) is 26.5. The molecule has 2 amide bonds. The number of anilines is 1. The van der Waals surface area contributed by atoms with Gasteiger partial charge < -0.3 is 14.4 Å². The minimum Gasteiger partial charge on any atom is -0.379 e. The maximum atomic E-state index is 14.0. The predicted molar refractivity (Wildman–Crippen MR) is 126 cm³/mol. The van der Waals surface area contributed by atoms with E-state index in [0.29, 0.717) is 18.1 Å². The highest BCUT2D eigenvalue weighted by atomic mass is 32.2. The van der Waals surface area contributed by atoms with Gasteiger partial charge in [-0.25, -0.2) is 9.18 Å². The number of carbonyl (C=O) groups is 1. The van der Waals surface area contributed by atoms with Gasteiger partial charge >= 0.3 is 22.3 Å². The van der Waals surface area contributed by atoms with Crippen LogP contribution in [0.5, 0.6) is 5.75 Å². The highest BCUT2D eigenvalue weighted by Crippen LogP contribution is 2.31. The van der Waals surface area contributed by atoms with E-state index in [1.165, 1.54) is 47.4 Å². The number of hydrogen-bond acceptors (Lipinski definition) is 4. The molecule has 192 valence electrons. The lowest BCUT2D eigenvalue weighted by Gasteiger charge is -2.29. The van der Waals surface area contributed by atoms with Crippen molar-refractivity contribution in [2.24, 2.45) is 0 Å². The van der Waals surface area contributed by atoms with Crippen LogP contribution < -0.4 is 9.50 Å². The zero-order valence-electron chi connectivity index (χ0n) is 19.4. The molecule has 0 aromatic heterocycles. The number of para-hydroxylation sites is 1. The summed E-state index contributed by atoms with van der Waals surface area (Å²) in [6, 6.07) is 14.1. The number of rotatable bonds is 8. The van der Waals surface area contributed by atoms with Gasteiger partial charge in [0.2, 0.25) is 0 Å². The molecule has 0 bridgehead atoms. The second kappa shape index (κ2) is 11.0. The van der Waals surface area contributed by atoms with Crippen molar-refractivity contribution in [3.63, 3.8) is 0 Å². The number of nitrogens with zero attached hydrogens (tertiary/aromatic N) is 1. The fourth-order valence-corrected chi connectivity index (χ4v) is 4.22. The van der Waals surface area contributed by atoms with E-state index in [9.17, 15) is 30.8 Å². The Morgan fingerprint density at radius 1 is 1.03 bits per heavy atom. The third kappa shape index (κ3) is 6.75. The Morgan fingerprint density at radius 2 is 1.69 bits per heavy atom. The lowest BCUT2D eigenvalue weighted by atomic mass is 10.1. The van der Waals surface area contributed by atoms with Gasteiger partial charge in [-0.2, -0.15) is 21.6 Å². The summed E-state index contributed by atoms with van der Waals surface area (Å²) in [5.41, 5.74) is -0.441. The van der Waals surface area contributed by atoms with Crippen LogP contribution in [0.2, 0.25) is 0 Å². The van der Waals surface area contributed by atoms with Gasteiger partial charge in [-0.15, -0.1) is 0 Å². The number of amides is 2. The molecule has 0 spiro atoms. The molecule has 3 rings (SSSR count). The average molecular weight is 525 g/mol. The first-order chi connectivity index (χ1) is 16.9. The molecule has 1 unspecified atom stereocenters.